The first-order chi connectivity index (χ1) is 17.0. The van der Waals surface area contributed by atoms with Crippen molar-refractivity contribution in [1.82, 2.24) is 24.3 Å². The van der Waals surface area contributed by atoms with Crippen molar-refractivity contribution in [3.05, 3.63) is 58.6 Å². The van der Waals surface area contributed by atoms with Gasteiger partial charge in [0, 0.05) is 74.6 Å². The maximum absolute atomic E-state index is 14.0. The van der Waals surface area contributed by atoms with Gasteiger partial charge < -0.3 is 23.9 Å². The summed E-state index contributed by atoms with van der Waals surface area (Å²) in [5.74, 6) is 0.362. The molecule has 4 heterocycles. The Morgan fingerprint density at radius 1 is 1.17 bits per heavy atom. The van der Waals surface area contributed by atoms with Crippen LogP contribution < -0.4 is 10.3 Å². The Labute approximate surface area is 202 Å². The molecule has 5 rings (SSSR count). The first kappa shape index (κ1) is 23.1. The average molecular weight is 476 g/mol. The number of carbonyl (C=O) groups excluding carboxylic acids is 1. The van der Waals surface area contributed by atoms with Crippen LogP contribution in [0, 0.1) is 0 Å². The average Bonchev–Trinajstić information content (AvgIpc) is 3.36. The molecule has 1 aliphatic heterocycles. The van der Waals surface area contributed by atoms with Crippen molar-refractivity contribution in [1.29, 1.82) is 0 Å². The van der Waals surface area contributed by atoms with E-state index in [2.05, 4.69) is 14.9 Å². The topological polar surface area (TPSA) is 92.7 Å². The molecule has 1 saturated heterocycles. The van der Waals surface area contributed by atoms with E-state index >= 15 is 0 Å². The SMILES string of the molecule is COc1cc(C(=O)N(C)C)cc(-c2cc3cnc4[nH]ccc4c3n(CCN3CCOCC3)c2=O)c1. The monoisotopic (exact) mass is 475 g/mol. The highest BCUT2D eigenvalue weighted by atomic mass is 16.5. The number of hydrogen-bond donors (Lipinski definition) is 1. The molecule has 3 aromatic heterocycles. The number of aromatic amines is 1. The largest absolute Gasteiger partial charge is 0.497 e. The zero-order valence-electron chi connectivity index (χ0n) is 20.2. The third-order valence-corrected chi connectivity index (χ3v) is 6.48. The number of H-pyrrole nitrogens is 1. The predicted molar refractivity (Wildman–Crippen MR) is 135 cm³/mol. The summed E-state index contributed by atoms with van der Waals surface area (Å²) < 4.78 is 12.8. The standard InChI is InChI=1S/C26H29N5O4/c1-29(2)25(32)18-12-17(13-20(14-18)34-3)22-15-19-16-28-24-21(4-5-27-24)23(19)31(26(22)33)7-6-30-8-10-35-11-9-30/h4-5,12-16H,6-11H2,1-3H3,(H,27,28). The number of benzene rings is 1. The second kappa shape index (κ2) is 9.52. The molecule has 0 atom stereocenters. The molecule has 0 unspecified atom stereocenters. The molecule has 1 fully saturated rings. The molecule has 1 amide bonds. The highest BCUT2D eigenvalue weighted by molar-refractivity contribution is 6.03. The van der Waals surface area contributed by atoms with E-state index in [0.29, 0.717) is 42.2 Å². The molecular formula is C26H29N5O4. The summed E-state index contributed by atoms with van der Waals surface area (Å²) in [7, 11) is 4.95. The number of ether oxygens (including phenoxy) is 2. The summed E-state index contributed by atoms with van der Waals surface area (Å²) in [6, 6.07) is 9.05. The van der Waals surface area contributed by atoms with Crippen LogP contribution in [0.3, 0.4) is 0 Å². The number of pyridine rings is 2. The van der Waals surface area contributed by atoms with Gasteiger partial charge in [-0.3, -0.25) is 14.5 Å². The van der Waals surface area contributed by atoms with Crippen LogP contribution in [-0.4, -0.2) is 84.3 Å². The van der Waals surface area contributed by atoms with Gasteiger partial charge in [0.05, 0.1) is 25.8 Å². The van der Waals surface area contributed by atoms with Gasteiger partial charge in [-0.05, 0) is 35.9 Å². The number of fused-ring (bicyclic) bond motifs is 3. The van der Waals surface area contributed by atoms with E-state index in [4.69, 9.17) is 9.47 Å². The number of methoxy groups -OCH3 is 1. The van der Waals surface area contributed by atoms with Crippen LogP contribution in [0.5, 0.6) is 5.75 Å². The summed E-state index contributed by atoms with van der Waals surface area (Å²) in [6.45, 7) is 4.36. The zero-order chi connectivity index (χ0) is 24.5. The van der Waals surface area contributed by atoms with E-state index in [9.17, 15) is 9.59 Å². The second-order valence-electron chi connectivity index (χ2n) is 8.92. The Balaban J connectivity index is 1.69. The summed E-state index contributed by atoms with van der Waals surface area (Å²) in [5, 5.41) is 1.76. The van der Waals surface area contributed by atoms with Crippen LogP contribution >= 0.6 is 0 Å². The third-order valence-electron chi connectivity index (χ3n) is 6.48. The number of nitrogens with one attached hydrogen (secondary N) is 1. The molecule has 9 heteroatoms. The van der Waals surface area contributed by atoms with Crippen LogP contribution in [0.25, 0.3) is 33.1 Å². The van der Waals surface area contributed by atoms with Crippen molar-refractivity contribution >= 4 is 27.8 Å². The van der Waals surface area contributed by atoms with E-state index < -0.39 is 0 Å². The van der Waals surface area contributed by atoms with Crippen LogP contribution in [0.2, 0.25) is 0 Å². The summed E-state index contributed by atoms with van der Waals surface area (Å²) in [6.07, 6.45) is 3.62. The highest BCUT2D eigenvalue weighted by Crippen LogP contribution is 2.29. The van der Waals surface area contributed by atoms with Gasteiger partial charge in [0.2, 0.25) is 0 Å². The van der Waals surface area contributed by atoms with E-state index in [1.807, 2.05) is 22.9 Å². The molecule has 0 aliphatic carbocycles. The van der Waals surface area contributed by atoms with Crippen molar-refractivity contribution in [2.75, 3.05) is 54.1 Å². The van der Waals surface area contributed by atoms with Gasteiger partial charge >= 0.3 is 0 Å². The Morgan fingerprint density at radius 2 is 1.97 bits per heavy atom. The lowest BCUT2D eigenvalue weighted by molar-refractivity contribution is 0.0364. The van der Waals surface area contributed by atoms with Crippen molar-refractivity contribution in [3.8, 4) is 16.9 Å². The van der Waals surface area contributed by atoms with E-state index in [-0.39, 0.29) is 11.5 Å². The highest BCUT2D eigenvalue weighted by Gasteiger charge is 2.19. The van der Waals surface area contributed by atoms with Gasteiger partial charge in [0.15, 0.2) is 0 Å². The fourth-order valence-electron chi connectivity index (χ4n) is 4.62. The number of nitrogens with zero attached hydrogens (tertiary/aromatic N) is 4. The van der Waals surface area contributed by atoms with Gasteiger partial charge in [-0.25, -0.2) is 4.98 Å². The Morgan fingerprint density at radius 3 is 2.71 bits per heavy atom. The number of morpholine rings is 1. The summed E-state index contributed by atoms with van der Waals surface area (Å²) >= 11 is 0. The van der Waals surface area contributed by atoms with Crippen molar-refractivity contribution in [2.45, 2.75) is 6.54 Å². The van der Waals surface area contributed by atoms with Crippen LogP contribution in [0.1, 0.15) is 10.4 Å². The minimum absolute atomic E-state index is 0.115. The molecule has 182 valence electrons. The number of aromatic nitrogens is 3. The van der Waals surface area contributed by atoms with Gasteiger partial charge in [0.1, 0.15) is 11.4 Å². The normalized spacial score (nSPS) is 14.5. The first-order valence-electron chi connectivity index (χ1n) is 11.7. The third kappa shape index (κ3) is 4.40. The molecule has 35 heavy (non-hydrogen) atoms. The first-order valence-corrected chi connectivity index (χ1v) is 11.7. The minimum Gasteiger partial charge on any atom is -0.497 e. The maximum atomic E-state index is 14.0. The molecule has 9 nitrogen and oxygen atoms in total. The number of carbonyl (C=O) groups is 1. The fraction of sp³-hybridized carbons (Fsp3) is 0.346. The lowest BCUT2D eigenvalue weighted by Gasteiger charge is -2.27. The molecule has 4 aromatic rings. The summed E-state index contributed by atoms with van der Waals surface area (Å²) in [5.41, 5.74) is 3.08. The molecule has 1 N–H and O–H groups in total. The number of amides is 1. The Kier molecular flexibility index (Phi) is 6.27. The van der Waals surface area contributed by atoms with Crippen LogP contribution in [0.15, 0.2) is 47.5 Å². The number of rotatable bonds is 6. The van der Waals surface area contributed by atoms with E-state index in [1.54, 1.807) is 45.6 Å². The zero-order valence-corrected chi connectivity index (χ0v) is 20.2. The lowest BCUT2D eigenvalue weighted by Crippen LogP contribution is -2.39. The molecule has 0 radical (unpaired) electrons. The second-order valence-corrected chi connectivity index (χ2v) is 8.92. The van der Waals surface area contributed by atoms with Crippen molar-refractivity contribution in [3.63, 3.8) is 0 Å². The van der Waals surface area contributed by atoms with Gasteiger partial charge in [-0.2, -0.15) is 0 Å². The minimum atomic E-state index is -0.158. The quantitative estimate of drug-likeness (QED) is 0.461. The van der Waals surface area contributed by atoms with Crippen LogP contribution in [-0.2, 0) is 11.3 Å². The van der Waals surface area contributed by atoms with Gasteiger partial charge in [-0.15, -0.1) is 0 Å². The fourth-order valence-corrected chi connectivity index (χ4v) is 4.62. The Bertz CT molecular complexity index is 1450. The van der Waals surface area contributed by atoms with Gasteiger partial charge in [0.25, 0.3) is 11.5 Å². The van der Waals surface area contributed by atoms with Crippen molar-refractivity contribution < 1.29 is 14.3 Å². The van der Waals surface area contributed by atoms with Crippen LogP contribution in [0.4, 0.5) is 0 Å². The summed E-state index contributed by atoms with van der Waals surface area (Å²) in [4.78, 5) is 38.2. The van der Waals surface area contributed by atoms with Gasteiger partial charge in [-0.1, -0.05) is 0 Å². The molecule has 0 saturated carbocycles. The molecular weight excluding hydrogens is 446 g/mol. The predicted octanol–water partition coefficient (Wildman–Crippen LogP) is 2.59. The van der Waals surface area contributed by atoms with E-state index in [0.717, 1.165) is 41.6 Å². The smallest absolute Gasteiger partial charge is 0.258 e. The maximum Gasteiger partial charge on any atom is 0.258 e. The Hall–Kier alpha value is -3.69. The molecule has 1 aromatic carbocycles. The van der Waals surface area contributed by atoms with E-state index in [1.165, 1.54) is 4.90 Å². The molecule has 0 spiro atoms. The van der Waals surface area contributed by atoms with Crippen molar-refractivity contribution in [2.24, 2.45) is 0 Å². The lowest BCUT2D eigenvalue weighted by atomic mass is 10.0. The molecule has 1 aliphatic rings. The molecule has 0 bridgehead atoms. The number of hydrogen-bond acceptors (Lipinski definition) is 6.